The van der Waals surface area contributed by atoms with Crippen LogP contribution < -0.4 is 5.63 Å². The minimum absolute atomic E-state index is 0.0246. The van der Waals surface area contributed by atoms with E-state index < -0.39 is 34.9 Å². The monoisotopic (exact) mass is 437 g/mol. The summed E-state index contributed by atoms with van der Waals surface area (Å²) in [7, 11) is 0. The van der Waals surface area contributed by atoms with Crippen molar-refractivity contribution in [2.75, 3.05) is 0 Å². The fourth-order valence-electron chi connectivity index (χ4n) is 3.22. The molecule has 1 N–H and O–H groups in total. The van der Waals surface area contributed by atoms with Gasteiger partial charge in [-0.05, 0) is 50.6 Å². The Kier molecular flexibility index (Phi) is 5.76. The van der Waals surface area contributed by atoms with Gasteiger partial charge in [-0.25, -0.2) is 23.4 Å². The molecule has 3 rings (SSSR count). The number of halogens is 3. The molecule has 0 aliphatic rings. The van der Waals surface area contributed by atoms with E-state index in [0.717, 1.165) is 17.0 Å². The van der Waals surface area contributed by atoms with Gasteiger partial charge in [0.15, 0.2) is 5.65 Å². The summed E-state index contributed by atoms with van der Waals surface area (Å²) in [5.41, 5.74) is -1.60. The van der Waals surface area contributed by atoms with E-state index in [1.54, 1.807) is 20.8 Å². The zero-order chi connectivity index (χ0) is 22.2. The molecule has 0 bridgehead atoms. The Labute approximate surface area is 174 Å². The molecule has 7 nitrogen and oxygen atoms in total. The first-order chi connectivity index (χ1) is 14.0. The van der Waals surface area contributed by atoms with Crippen molar-refractivity contribution in [1.29, 1.82) is 0 Å². The number of carboxylic acid groups (broad SMARTS) is 1. The SMILES string of the molecule is CC(C)(C)N(C(=O)O)C(Cc1cc(F)cc(F)c1)c1nc2nc(Cl)ccc2c(=O)o1. The molecule has 10 heteroatoms. The van der Waals surface area contributed by atoms with E-state index in [2.05, 4.69) is 9.97 Å². The van der Waals surface area contributed by atoms with E-state index in [4.69, 9.17) is 16.0 Å². The molecule has 1 aromatic carbocycles. The van der Waals surface area contributed by atoms with Gasteiger partial charge < -0.3 is 9.52 Å². The zero-order valence-electron chi connectivity index (χ0n) is 16.3. The molecule has 3 aromatic rings. The maximum Gasteiger partial charge on any atom is 0.408 e. The molecule has 1 unspecified atom stereocenters. The van der Waals surface area contributed by atoms with E-state index in [1.165, 1.54) is 12.1 Å². The van der Waals surface area contributed by atoms with Crippen molar-refractivity contribution in [3.63, 3.8) is 0 Å². The predicted octanol–water partition coefficient (Wildman–Crippen LogP) is 4.58. The summed E-state index contributed by atoms with van der Waals surface area (Å²) in [5.74, 6) is -1.89. The quantitative estimate of drug-likeness (QED) is 0.600. The van der Waals surface area contributed by atoms with Gasteiger partial charge in [0.25, 0.3) is 0 Å². The topological polar surface area (TPSA) is 96.5 Å². The second kappa shape index (κ2) is 7.98. The summed E-state index contributed by atoms with van der Waals surface area (Å²) in [6, 6.07) is 4.48. The van der Waals surface area contributed by atoms with Crippen LogP contribution in [0.2, 0.25) is 5.15 Å². The Morgan fingerprint density at radius 1 is 1.20 bits per heavy atom. The molecule has 1 amide bonds. The third-order valence-corrected chi connectivity index (χ3v) is 4.56. The summed E-state index contributed by atoms with van der Waals surface area (Å²) in [4.78, 5) is 33.7. The second-order valence-corrected chi connectivity index (χ2v) is 8.05. The molecule has 2 aromatic heterocycles. The van der Waals surface area contributed by atoms with Gasteiger partial charge in [0.05, 0.1) is 0 Å². The normalized spacial score (nSPS) is 12.7. The van der Waals surface area contributed by atoms with Crippen molar-refractivity contribution in [3.8, 4) is 0 Å². The number of fused-ring (bicyclic) bond motifs is 1. The molecule has 0 saturated heterocycles. The van der Waals surface area contributed by atoms with E-state index in [1.807, 2.05) is 0 Å². The number of hydrogen-bond acceptors (Lipinski definition) is 5. The molecule has 0 aliphatic heterocycles. The fourth-order valence-corrected chi connectivity index (χ4v) is 3.36. The molecular formula is C20H18ClF2N3O4. The van der Waals surface area contributed by atoms with Gasteiger partial charge >= 0.3 is 11.7 Å². The van der Waals surface area contributed by atoms with Gasteiger partial charge in [-0.1, -0.05) is 11.6 Å². The average Bonchev–Trinajstić information content (AvgIpc) is 2.58. The Morgan fingerprint density at radius 2 is 1.83 bits per heavy atom. The lowest BCUT2D eigenvalue weighted by Gasteiger charge is -2.38. The first-order valence-corrected chi connectivity index (χ1v) is 9.28. The largest absolute Gasteiger partial charge is 0.465 e. The number of amides is 1. The highest BCUT2D eigenvalue weighted by Gasteiger charge is 2.37. The maximum absolute atomic E-state index is 13.7. The highest BCUT2D eigenvalue weighted by molar-refractivity contribution is 6.29. The van der Waals surface area contributed by atoms with Crippen LogP contribution in [0.3, 0.4) is 0 Å². The minimum Gasteiger partial charge on any atom is -0.465 e. The van der Waals surface area contributed by atoms with Crippen LogP contribution in [0, 0.1) is 11.6 Å². The van der Waals surface area contributed by atoms with E-state index in [0.29, 0.717) is 6.07 Å². The van der Waals surface area contributed by atoms with Crippen LogP contribution in [0.1, 0.15) is 38.3 Å². The van der Waals surface area contributed by atoms with Gasteiger partial charge in [-0.15, -0.1) is 0 Å². The lowest BCUT2D eigenvalue weighted by molar-refractivity contribution is 0.0588. The molecule has 0 fully saturated rings. The van der Waals surface area contributed by atoms with Gasteiger partial charge in [-0.3, -0.25) is 4.90 Å². The molecule has 158 valence electrons. The standard InChI is InChI=1S/C20H18ClF2N3O4/c1-20(2,3)26(19(28)29)14(8-10-6-11(22)9-12(23)7-10)17-25-16-13(18(27)30-17)4-5-15(21)24-16/h4-7,9,14H,8H2,1-3H3,(H,28,29). The van der Waals surface area contributed by atoms with Crippen LogP contribution in [0.4, 0.5) is 13.6 Å². The third kappa shape index (κ3) is 4.56. The smallest absolute Gasteiger partial charge is 0.408 e. The molecule has 1 atom stereocenters. The number of pyridine rings is 1. The highest BCUT2D eigenvalue weighted by atomic mass is 35.5. The van der Waals surface area contributed by atoms with Crippen LogP contribution >= 0.6 is 11.6 Å². The van der Waals surface area contributed by atoms with Crippen molar-refractivity contribution in [2.24, 2.45) is 0 Å². The molecule has 30 heavy (non-hydrogen) atoms. The molecule has 0 radical (unpaired) electrons. The van der Waals surface area contributed by atoms with E-state index in [9.17, 15) is 23.5 Å². The Bertz CT molecular complexity index is 1160. The van der Waals surface area contributed by atoms with Crippen LogP contribution in [-0.4, -0.2) is 31.6 Å². The van der Waals surface area contributed by atoms with Crippen molar-refractivity contribution in [2.45, 2.75) is 38.8 Å². The maximum atomic E-state index is 13.7. The van der Waals surface area contributed by atoms with Gasteiger partial charge in [0, 0.05) is 18.0 Å². The van der Waals surface area contributed by atoms with Crippen molar-refractivity contribution < 1.29 is 23.1 Å². The Morgan fingerprint density at radius 3 is 2.40 bits per heavy atom. The number of rotatable bonds is 4. The van der Waals surface area contributed by atoms with Crippen LogP contribution in [0.5, 0.6) is 0 Å². The highest BCUT2D eigenvalue weighted by Crippen LogP contribution is 2.31. The van der Waals surface area contributed by atoms with Crippen molar-refractivity contribution in [3.05, 3.63) is 69.0 Å². The van der Waals surface area contributed by atoms with E-state index >= 15 is 0 Å². The molecule has 0 spiro atoms. The summed E-state index contributed by atoms with van der Waals surface area (Å²) >= 11 is 5.88. The van der Waals surface area contributed by atoms with E-state index in [-0.39, 0.29) is 34.1 Å². The van der Waals surface area contributed by atoms with Crippen molar-refractivity contribution >= 4 is 28.7 Å². The third-order valence-electron chi connectivity index (χ3n) is 4.35. The van der Waals surface area contributed by atoms with Gasteiger partial charge in [-0.2, -0.15) is 4.98 Å². The summed E-state index contributed by atoms with van der Waals surface area (Å²) in [6.07, 6.45) is -1.52. The fraction of sp³-hybridized carbons (Fsp3) is 0.300. The zero-order valence-corrected chi connectivity index (χ0v) is 17.1. The van der Waals surface area contributed by atoms with Gasteiger partial charge in [0.2, 0.25) is 5.89 Å². The molecule has 0 aliphatic carbocycles. The van der Waals surface area contributed by atoms with Gasteiger partial charge in [0.1, 0.15) is 28.2 Å². The lowest BCUT2D eigenvalue weighted by atomic mass is 9.98. The number of carbonyl (C=O) groups is 1. The van der Waals surface area contributed by atoms with Crippen LogP contribution in [0.15, 0.2) is 39.5 Å². The number of aromatic nitrogens is 2. The summed E-state index contributed by atoms with van der Waals surface area (Å²) in [6.45, 7) is 4.90. The Hall–Kier alpha value is -3.07. The average molecular weight is 438 g/mol. The minimum atomic E-state index is -1.33. The number of hydrogen-bond donors (Lipinski definition) is 1. The molecule has 2 heterocycles. The first kappa shape index (κ1) is 21.6. The molecule has 0 saturated carbocycles. The predicted molar refractivity (Wildman–Crippen MR) is 106 cm³/mol. The lowest BCUT2D eigenvalue weighted by Crippen LogP contribution is -2.48. The number of benzene rings is 1. The Balaban J connectivity index is 2.21. The summed E-state index contributed by atoms with van der Waals surface area (Å²) in [5, 5.41) is 10.00. The first-order valence-electron chi connectivity index (χ1n) is 8.90. The summed E-state index contributed by atoms with van der Waals surface area (Å²) < 4.78 is 32.7. The molecular weight excluding hydrogens is 420 g/mol. The second-order valence-electron chi connectivity index (χ2n) is 7.67. The van der Waals surface area contributed by atoms with Crippen LogP contribution in [0.25, 0.3) is 11.0 Å². The van der Waals surface area contributed by atoms with Crippen LogP contribution in [-0.2, 0) is 6.42 Å². The number of nitrogens with zero attached hydrogens (tertiary/aromatic N) is 3. The van der Waals surface area contributed by atoms with Crippen molar-refractivity contribution in [1.82, 2.24) is 14.9 Å².